The molecule has 1 heterocycles. The first-order chi connectivity index (χ1) is 7.15. The second-order valence-corrected chi connectivity index (χ2v) is 3.77. The third-order valence-corrected chi connectivity index (χ3v) is 2.58. The second kappa shape index (κ2) is 7.88. The number of aliphatic hydroxyl groups excluding tert-OH is 2. The SMILES string of the molecule is O=S(=O)=C(Cc1cnccn1)C(O)CO.[Na]. The standard InChI is InChI=1S/C8H10N2O4S.Na/c11-5-7(12)8(15(13)14)3-6-4-9-1-2-10-6;/h1-2,4,7,11-12H,3,5H2;. The monoisotopic (exact) mass is 253 g/mol. The summed E-state index contributed by atoms with van der Waals surface area (Å²) in [6.45, 7) is -0.635. The molecule has 0 aliphatic carbocycles. The van der Waals surface area contributed by atoms with Crippen LogP contribution in [0.25, 0.3) is 0 Å². The zero-order valence-corrected chi connectivity index (χ0v) is 11.6. The summed E-state index contributed by atoms with van der Waals surface area (Å²) in [6.07, 6.45) is 2.85. The summed E-state index contributed by atoms with van der Waals surface area (Å²) in [7, 11) is -2.54. The van der Waals surface area contributed by atoms with E-state index in [4.69, 9.17) is 5.11 Å². The van der Waals surface area contributed by atoms with E-state index in [1.165, 1.54) is 18.6 Å². The van der Waals surface area contributed by atoms with Crippen LogP contribution < -0.4 is 0 Å². The van der Waals surface area contributed by atoms with Crippen molar-refractivity contribution < 1.29 is 18.6 Å². The van der Waals surface area contributed by atoms with Crippen molar-refractivity contribution in [1.82, 2.24) is 9.97 Å². The molecule has 0 spiro atoms. The number of hydrogen-bond donors (Lipinski definition) is 2. The summed E-state index contributed by atoms with van der Waals surface area (Å²) in [5, 5.41) is 17.9. The Hall–Kier alpha value is -0.310. The van der Waals surface area contributed by atoms with Gasteiger partial charge < -0.3 is 10.2 Å². The molecule has 0 aromatic carbocycles. The van der Waals surface area contributed by atoms with Crippen LogP contribution in [0, 0.1) is 0 Å². The van der Waals surface area contributed by atoms with Crippen LogP contribution in [0.1, 0.15) is 5.69 Å². The van der Waals surface area contributed by atoms with E-state index in [9.17, 15) is 13.5 Å². The minimum absolute atomic E-state index is 0. The molecule has 1 aromatic rings. The summed E-state index contributed by atoms with van der Waals surface area (Å²) >= 11 is 0. The van der Waals surface area contributed by atoms with Gasteiger partial charge in [-0.05, 0) is 0 Å². The number of hydrogen-bond acceptors (Lipinski definition) is 6. The number of aromatic nitrogens is 2. The third-order valence-electron chi connectivity index (χ3n) is 1.73. The number of rotatable bonds is 4. The van der Waals surface area contributed by atoms with Gasteiger partial charge in [0.25, 0.3) is 0 Å². The van der Waals surface area contributed by atoms with Crippen LogP contribution in [-0.2, 0) is 16.7 Å². The van der Waals surface area contributed by atoms with Gasteiger partial charge in [-0.1, -0.05) is 0 Å². The van der Waals surface area contributed by atoms with Gasteiger partial charge in [-0.15, -0.1) is 0 Å². The van der Waals surface area contributed by atoms with Gasteiger partial charge in [0.05, 0.1) is 17.2 Å². The Morgan fingerprint density at radius 3 is 2.56 bits per heavy atom. The van der Waals surface area contributed by atoms with Gasteiger partial charge >= 0.3 is 0 Å². The van der Waals surface area contributed by atoms with Gasteiger partial charge in [-0.25, -0.2) is 0 Å². The molecule has 2 N–H and O–H groups in total. The van der Waals surface area contributed by atoms with E-state index >= 15 is 0 Å². The first-order valence-electron chi connectivity index (χ1n) is 4.14. The van der Waals surface area contributed by atoms with E-state index in [2.05, 4.69) is 9.97 Å². The van der Waals surface area contributed by atoms with Crippen molar-refractivity contribution in [2.75, 3.05) is 6.61 Å². The normalized spacial score (nSPS) is 11.4. The van der Waals surface area contributed by atoms with Gasteiger partial charge in [-0.2, -0.15) is 8.42 Å². The number of nitrogens with zero attached hydrogens (tertiary/aromatic N) is 2. The maximum absolute atomic E-state index is 10.7. The molecule has 1 aromatic heterocycles. The molecule has 0 bridgehead atoms. The molecular formula is C8H10N2NaO4S. The van der Waals surface area contributed by atoms with E-state index in [-0.39, 0.29) is 40.8 Å². The van der Waals surface area contributed by atoms with Gasteiger partial charge in [-0.3, -0.25) is 9.97 Å². The van der Waals surface area contributed by atoms with Gasteiger partial charge in [0, 0.05) is 54.6 Å². The molecule has 0 aliphatic heterocycles. The fraction of sp³-hybridized carbons (Fsp3) is 0.375. The van der Waals surface area contributed by atoms with E-state index in [1.54, 1.807) is 0 Å². The fourth-order valence-electron chi connectivity index (χ4n) is 0.989. The van der Waals surface area contributed by atoms with Crippen LogP contribution in [0.3, 0.4) is 0 Å². The van der Waals surface area contributed by atoms with Crippen molar-refractivity contribution in [3.05, 3.63) is 24.3 Å². The third kappa shape index (κ3) is 4.69. The van der Waals surface area contributed by atoms with Gasteiger partial charge in [0.2, 0.25) is 10.3 Å². The molecule has 0 amide bonds. The molecular weight excluding hydrogens is 243 g/mol. The van der Waals surface area contributed by atoms with Crippen LogP contribution in [0.15, 0.2) is 18.6 Å². The summed E-state index contributed by atoms with van der Waals surface area (Å²) in [4.78, 5) is 7.43. The average Bonchev–Trinajstić information content (AvgIpc) is 2.26. The van der Waals surface area contributed by atoms with Crippen molar-refractivity contribution in [3.8, 4) is 0 Å². The second-order valence-electron chi connectivity index (χ2n) is 2.77. The molecule has 1 rings (SSSR count). The fourth-order valence-corrected chi connectivity index (χ4v) is 1.55. The number of aliphatic hydroxyl groups is 2. The summed E-state index contributed by atoms with van der Waals surface area (Å²) in [6, 6.07) is 0. The molecule has 1 unspecified atom stereocenters. The Morgan fingerprint density at radius 1 is 1.44 bits per heavy atom. The van der Waals surface area contributed by atoms with E-state index in [1.807, 2.05) is 0 Å². The summed E-state index contributed by atoms with van der Waals surface area (Å²) in [5.74, 6) is 0. The quantitative estimate of drug-likeness (QED) is 0.477. The molecule has 1 atom stereocenters. The molecule has 0 saturated heterocycles. The first kappa shape index (κ1) is 15.7. The smallest absolute Gasteiger partial charge is 0.216 e. The Balaban J connectivity index is 0.00000225. The zero-order chi connectivity index (χ0) is 11.3. The topological polar surface area (TPSA) is 100 Å². The molecule has 83 valence electrons. The van der Waals surface area contributed by atoms with Gasteiger partial charge in [0.1, 0.15) is 6.10 Å². The largest absolute Gasteiger partial charge is 0.393 e. The Morgan fingerprint density at radius 2 is 2.12 bits per heavy atom. The molecule has 0 saturated carbocycles. The Labute approximate surface area is 116 Å². The first-order valence-corrected chi connectivity index (χ1v) is 5.21. The van der Waals surface area contributed by atoms with E-state index in [0.29, 0.717) is 5.69 Å². The molecule has 0 fully saturated rings. The van der Waals surface area contributed by atoms with Crippen LogP contribution in [0.5, 0.6) is 0 Å². The maximum atomic E-state index is 10.7. The van der Waals surface area contributed by atoms with E-state index < -0.39 is 23.0 Å². The van der Waals surface area contributed by atoms with Crippen LogP contribution in [0.2, 0.25) is 0 Å². The van der Waals surface area contributed by atoms with E-state index in [0.717, 1.165) is 0 Å². The minimum atomic E-state index is -2.54. The average molecular weight is 253 g/mol. The van der Waals surface area contributed by atoms with Gasteiger partial charge in [0.15, 0.2) is 0 Å². The van der Waals surface area contributed by atoms with Crippen molar-refractivity contribution in [2.24, 2.45) is 0 Å². The predicted molar refractivity (Wildman–Crippen MR) is 58.5 cm³/mol. The van der Waals surface area contributed by atoms with Crippen molar-refractivity contribution in [2.45, 2.75) is 12.5 Å². The molecule has 0 aliphatic rings. The minimum Gasteiger partial charge on any atom is -0.393 e. The van der Waals surface area contributed by atoms with Crippen LogP contribution in [-0.4, -0.2) is 75.7 Å². The van der Waals surface area contributed by atoms with Crippen molar-refractivity contribution >= 4 is 44.7 Å². The molecule has 1 radical (unpaired) electrons. The van der Waals surface area contributed by atoms with Crippen molar-refractivity contribution in [3.63, 3.8) is 0 Å². The Kier molecular flexibility index (Phi) is 7.73. The van der Waals surface area contributed by atoms with Crippen molar-refractivity contribution in [1.29, 1.82) is 0 Å². The zero-order valence-electron chi connectivity index (χ0n) is 8.74. The maximum Gasteiger partial charge on any atom is 0.216 e. The van der Waals surface area contributed by atoms with Crippen LogP contribution >= 0.6 is 0 Å². The summed E-state index contributed by atoms with van der Waals surface area (Å²) in [5.41, 5.74) is 0.421. The Bertz CT molecular complexity index is 440. The predicted octanol–water partition coefficient (Wildman–Crippen LogP) is -1.96. The molecule has 16 heavy (non-hydrogen) atoms. The molecule has 6 nitrogen and oxygen atoms in total. The molecule has 8 heteroatoms. The summed E-state index contributed by atoms with van der Waals surface area (Å²) < 4.78 is 21.5. The van der Waals surface area contributed by atoms with Crippen LogP contribution in [0.4, 0.5) is 0 Å².